The molecule has 1 aliphatic carbocycles. The molecule has 21 heavy (non-hydrogen) atoms. The highest BCUT2D eigenvalue weighted by Crippen LogP contribution is 2.22. The molecular formula is C14H24N2O3S2. The third-order valence-corrected chi connectivity index (χ3v) is 6.54. The van der Waals surface area contributed by atoms with Crippen molar-refractivity contribution < 1.29 is 13.2 Å². The Labute approximate surface area is 131 Å². The van der Waals surface area contributed by atoms with E-state index in [0.717, 1.165) is 24.3 Å². The Morgan fingerprint density at radius 3 is 2.81 bits per heavy atom. The van der Waals surface area contributed by atoms with Crippen LogP contribution in [0.5, 0.6) is 0 Å². The van der Waals surface area contributed by atoms with Crippen molar-refractivity contribution in [2.24, 2.45) is 0 Å². The van der Waals surface area contributed by atoms with E-state index in [1.54, 1.807) is 6.07 Å². The number of sulfonamides is 1. The van der Waals surface area contributed by atoms with Crippen LogP contribution >= 0.6 is 11.3 Å². The number of ether oxygens (including phenoxy) is 1. The van der Waals surface area contributed by atoms with Crippen LogP contribution in [0.15, 0.2) is 16.3 Å². The van der Waals surface area contributed by atoms with Crippen LogP contribution in [0.4, 0.5) is 0 Å². The molecule has 1 aliphatic rings. The van der Waals surface area contributed by atoms with E-state index in [2.05, 4.69) is 10.0 Å². The van der Waals surface area contributed by atoms with Gasteiger partial charge < -0.3 is 10.1 Å². The van der Waals surface area contributed by atoms with E-state index in [-0.39, 0.29) is 0 Å². The molecule has 1 saturated carbocycles. The monoisotopic (exact) mass is 332 g/mol. The lowest BCUT2D eigenvalue weighted by molar-refractivity contribution is 0.0626. The fourth-order valence-electron chi connectivity index (χ4n) is 2.37. The lowest BCUT2D eigenvalue weighted by atomic mass is 10.3. The van der Waals surface area contributed by atoms with Crippen molar-refractivity contribution in [1.82, 2.24) is 10.0 Å². The third kappa shape index (κ3) is 5.34. The SMILES string of the molecule is CCNCc1ccc(S(=O)(=O)NCCOC2CCCC2)s1. The summed E-state index contributed by atoms with van der Waals surface area (Å²) in [5.74, 6) is 0. The Morgan fingerprint density at radius 1 is 1.33 bits per heavy atom. The van der Waals surface area contributed by atoms with Gasteiger partial charge in [0.1, 0.15) is 4.21 Å². The molecule has 0 radical (unpaired) electrons. The molecule has 0 aliphatic heterocycles. The van der Waals surface area contributed by atoms with Gasteiger partial charge in [-0.1, -0.05) is 19.8 Å². The zero-order valence-corrected chi connectivity index (χ0v) is 14.1. The Balaban J connectivity index is 1.76. The molecule has 5 nitrogen and oxygen atoms in total. The smallest absolute Gasteiger partial charge is 0.250 e. The first-order valence-corrected chi connectivity index (χ1v) is 9.82. The third-order valence-electron chi connectivity index (χ3n) is 3.50. The van der Waals surface area contributed by atoms with Crippen LogP contribution in [0.1, 0.15) is 37.5 Å². The molecule has 1 heterocycles. The predicted octanol–water partition coefficient (Wildman–Crippen LogP) is 2.10. The molecule has 0 aromatic carbocycles. The van der Waals surface area contributed by atoms with E-state index in [9.17, 15) is 8.42 Å². The molecule has 2 rings (SSSR count). The Kier molecular flexibility index (Phi) is 6.63. The van der Waals surface area contributed by atoms with Crippen LogP contribution in [0.25, 0.3) is 0 Å². The summed E-state index contributed by atoms with van der Waals surface area (Å²) in [5, 5.41) is 3.19. The minimum atomic E-state index is -3.40. The molecular weight excluding hydrogens is 308 g/mol. The summed E-state index contributed by atoms with van der Waals surface area (Å²) in [6.45, 7) is 4.38. The van der Waals surface area contributed by atoms with Crippen molar-refractivity contribution in [3.63, 3.8) is 0 Å². The quantitative estimate of drug-likeness (QED) is 0.680. The maximum atomic E-state index is 12.1. The van der Waals surface area contributed by atoms with Crippen LogP contribution in [0, 0.1) is 0 Å². The number of hydrogen-bond donors (Lipinski definition) is 2. The zero-order valence-electron chi connectivity index (χ0n) is 12.4. The van der Waals surface area contributed by atoms with Crippen LogP contribution < -0.4 is 10.0 Å². The van der Waals surface area contributed by atoms with Crippen molar-refractivity contribution in [2.45, 2.75) is 49.5 Å². The first kappa shape index (κ1) is 16.9. The van der Waals surface area contributed by atoms with Gasteiger partial charge in [0.05, 0.1) is 12.7 Å². The van der Waals surface area contributed by atoms with Gasteiger partial charge in [-0.2, -0.15) is 0 Å². The van der Waals surface area contributed by atoms with E-state index in [0.29, 0.717) is 30.0 Å². The van der Waals surface area contributed by atoms with Crippen molar-refractivity contribution in [1.29, 1.82) is 0 Å². The molecule has 2 N–H and O–H groups in total. The average Bonchev–Trinajstić information content (AvgIpc) is 3.13. The van der Waals surface area contributed by atoms with Gasteiger partial charge in [0.25, 0.3) is 0 Å². The second-order valence-corrected chi connectivity index (χ2v) is 8.34. The summed E-state index contributed by atoms with van der Waals surface area (Å²) in [7, 11) is -3.40. The molecule has 0 bridgehead atoms. The lowest BCUT2D eigenvalue weighted by Crippen LogP contribution is -2.28. The number of nitrogens with one attached hydrogen (secondary N) is 2. The molecule has 120 valence electrons. The van der Waals surface area contributed by atoms with Gasteiger partial charge in [0.15, 0.2) is 0 Å². The Bertz CT molecular complexity index is 522. The summed E-state index contributed by atoms with van der Waals surface area (Å²) in [5.41, 5.74) is 0. The molecule has 0 unspecified atom stereocenters. The summed E-state index contributed by atoms with van der Waals surface area (Å²) >= 11 is 1.31. The summed E-state index contributed by atoms with van der Waals surface area (Å²) < 4.78 is 32.9. The second-order valence-electron chi connectivity index (χ2n) is 5.18. The van der Waals surface area contributed by atoms with E-state index >= 15 is 0 Å². The summed E-state index contributed by atoms with van der Waals surface area (Å²) in [6, 6.07) is 3.52. The Hall–Kier alpha value is -0.470. The first-order chi connectivity index (χ1) is 10.1. The number of thiophene rings is 1. The highest BCUT2D eigenvalue weighted by atomic mass is 32.2. The highest BCUT2D eigenvalue weighted by Gasteiger charge is 2.18. The number of rotatable bonds is 9. The van der Waals surface area contributed by atoms with E-state index in [1.807, 2.05) is 13.0 Å². The fraction of sp³-hybridized carbons (Fsp3) is 0.714. The van der Waals surface area contributed by atoms with Crippen molar-refractivity contribution in [3.05, 3.63) is 17.0 Å². The van der Waals surface area contributed by atoms with Crippen molar-refractivity contribution in [3.8, 4) is 0 Å². The molecule has 7 heteroatoms. The second kappa shape index (κ2) is 8.24. The maximum absolute atomic E-state index is 12.1. The van der Waals surface area contributed by atoms with Crippen LogP contribution in [-0.4, -0.2) is 34.2 Å². The van der Waals surface area contributed by atoms with Gasteiger partial charge in [0.2, 0.25) is 10.0 Å². The van der Waals surface area contributed by atoms with Gasteiger partial charge in [-0.05, 0) is 31.5 Å². The number of hydrogen-bond acceptors (Lipinski definition) is 5. The summed E-state index contributed by atoms with van der Waals surface area (Å²) in [4.78, 5) is 1.03. The van der Waals surface area contributed by atoms with Crippen LogP contribution in [-0.2, 0) is 21.3 Å². The van der Waals surface area contributed by atoms with Gasteiger partial charge in [-0.25, -0.2) is 13.1 Å². The molecule has 1 aromatic heterocycles. The molecule has 1 fully saturated rings. The minimum absolute atomic E-state index is 0.322. The van der Waals surface area contributed by atoms with Gasteiger partial charge in [-0.3, -0.25) is 0 Å². The normalized spacial score (nSPS) is 16.6. The Morgan fingerprint density at radius 2 is 2.10 bits per heavy atom. The zero-order chi connectivity index (χ0) is 15.1. The largest absolute Gasteiger partial charge is 0.377 e. The molecule has 0 spiro atoms. The fourth-order valence-corrected chi connectivity index (χ4v) is 4.76. The van der Waals surface area contributed by atoms with E-state index < -0.39 is 10.0 Å². The van der Waals surface area contributed by atoms with Crippen molar-refractivity contribution in [2.75, 3.05) is 19.7 Å². The minimum Gasteiger partial charge on any atom is -0.377 e. The van der Waals surface area contributed by atoms with Gasteiger partial charge in [0, 0.05) is 18.0 Å². The van der Waals surface area contributed by atoms with E-state index in [1.165, 1.54) is 24.2 Å². The predicted molar refractivity (Wildman–Crippen MR) is 85.1 cm³/mol. The van der Waals surface area contributed by atoms with Gasteiger partial charge in [-0.15, -0.1) is 11.3 Å². The average molecular weight is 332 g/mol. The lowest BCUT2D eigenvalue weighted by Gasteiger charge is -2.11. The molecule has 0 saturated heterocycles. The molecule has 0 atom stereocenters. The van der Waals surface area contributed by atoms with Gasteiger partial charge >= 0.3 is 0 Å². The van der Waals surface area contributed by atoms with E-state index in [4.69, 9.17) is 4.74 Å². The first-order valence-electron chi connectivity index (χ1n) is 7.52. The maximum Gasteiger partial charge on any atom is 0.250 e. The topological polar surface area (TPSA) is 67.4 Å². The molecule has 0 amide bonds. The summed E-state index contributed by atoms with van der Waals surface area (Å²) in [6.07, 6.45) is 4.97. The standard InChI is InChI=1S/C14H24N2O3S2/c1-2-15-11-13-7-8-14(20-13)21(17,18)16-9-10-19-12-5-3-4-6-12/h7-8,12,15-16H,2-6,9-11H2,1H3. The van der Waals surface area contributed by atoms with Crippen molar-refractivity contribution >= 4 is 21.4 Å². The van der Waals surface area contributed by atoms with Crippen LogP contribution in [0.3, 0.4) is 0 Å². The molecule has 1 aromatic rings. The van der Waals surface area contributed by atoms with Crippen LogP contribution in [0.2, 0.25) is 0 Å². The highest BCUT2D eigenvalue weighted by molar-refractivity contribution is 7.91.